The maximum atomic E-state index is 4.10. The number of aromatic nitrogens is 4. The molecule has 0 unspecified atom stereocenters. The highest BCUT2D eigenvalue weighted by Gasteiger charge is 2.01. The van der Waals surface area contributed by atoms with Gasteiger partial charge in [0, 0.05) is 29.0 Å². The van der Waals surface area contributed by atoms with Crippen molar-refractivity contribution < 1.29 is 0 Å². The average Bonchev–Trinajstić information content (AvgIpc) is 3.17. The van der Waals surface area contributed by atoms with Gasteiger partial charge in [0.25, 0.3) is 0 Å². The third-order valence-corrected chi connectivity index (χ3v) is 4.10. The van der Waals surface area contributed by atoms with Crippen molar-refractivity contribution in [2.24, 2.45) is 0 Å². The van der Waals surface area contributed by atoms with Gasteiger partial charge in [-0.1, -0.05) is 11.8 Å². The molecule has 0 saturated heterocycles. The first-order chi connectivity index (χ1) is 10.3. The molecule has 0 spiro atoms. The van der Waals surface area contributed by atoms with Crippen molar-refractivity contribution >= 4 is 17.4 Å². The van der Waals surface area contributed by atoms with Crippen LogP contribution in [0.4, 0.5) is 5.69 Å². The van der Waals surface area contributed by atoms with Crippen LogP contribution in [0.2, 0.25) is 0 Å². The number of nitrogens with one attached hydrogen (secondary N) is 2. The molecule has 21 heavy (non-hydrogen) atoms. The Morgan fingerprint density at radius 1 is 1.24 bits per heavy atom. The van der Waals surface area contributed by atoms with E-state index in [9.17, 15) is 0 Å². The van der Waals surface area contributed by atoms with Crippen LogP contribution in [0, 0.1) is 0 Å². The highest BCUT2D eigenvalue weighted by molar-refractivity contribution is 7.99. The van der Waals surface area contributed by atoms with Gasteiger partial charge >= 0.3 is 0 Å². The lowest BCUT2D eigenvalue weighted by atomic mass is 10.3. The van der Waals surface area contributed by atoms with Crippen molar-refractivity contribution in [2.45, 2.75) is 30.1 Å². The summed E-state index contributed by atoms with van der Waals surface area (Å²) in [5.41, 5.74) is 2.40. The molecule has 5 nitrogen and oxygen atoms in total. The Labute approximate surface area is 127 Å². The van der Waals surface area contributed by atoms with E-state index in [2.05, 4.69) is 74.6 Å². The zero-order chi connectivity index (χ0) is 14.5. The summed E-state index contributed by atoms with van der Waals surface area (Å²) in [6, 6.07) is 12.5. The van der Waals surface area contributed by atoms with Crippen LogP contribution < -0.4 is 5.32 Å². The largest absolute Gasteiger partial charge is 0.379 e. The van der Waals surface area contributed by atoms with E-state index in [-0.39, 0.29) is 0 Å². The molecule has 3 aromatic rings. The van der Waals surface area contributed by atoms with Gasteiger partial charge in [-0.05, 0) is 43.3 Å². The van der Waals surface area contributed by atoms with Crippen LogP contribution >= 0.6 is 11.8 Å². The molecule has 0 aliphatic heterocycles. The van der Waals surface area contributed by atoms with Gasteiger partial charge in [-0.25, -0.2) is 4.98 Å². The first-order valence-corrected chi connectivity index (χ1v) is 7.68. The normalized spacial score (nSPS) is 10.7. The molecule has 0 aliphatic carbocycles. The van der Waals surface area contributed by atoms with Crippen molar-refractivity contribution in [1.29, 1.82) is 0 Å². The lowest BCUT2D eigenvalue weighted by Crippen LogP contribution is -2.05. The summed E-state index contributed by atoms with van der Waals surface area (Å²) in [5.74, 6) is 0. The van der Waals surface area contributed by atoms with Gasteiger partial charge in [0.15, 0.2) is 5.16 Å². The molecule has 2 N–H and O–H groups in total. The number of benzene rings is 1. The molecule has 2 heterocycles. The molecule has 0 aliphatic rings. The van der Waals surface area contributed by atoms with Gasteiger partial charge < -0.3 is 9.88 Å². The molecule has 108 valence electrons. The van der Waals surface area contributed by atoms with Crippen LogP contribution in [0.1, 0.15) is 12.6 Å². The molecular formula is C15H17N5S. The summed E-state index contributed by atoms with van der Waals surface area (Å²) in [6.45, 7) is 3.98. The number of nitrogens with zero attached hydrogens (tertiary/aromatic N) is 3. The molecule has 0 saturated carbocycles. The van der Waals surface area contributed by atoms with Crippen LogP contribution in [0.3, 0.4) is 0 Å². The third kappa shape index (κ3) is 3.46. The van der Waals surface area contributed by atoms with E-state index in [1.54, 1.807) is 11.8 Å². The predicted octanol–water partition coefficient (Wildman–Crippen LogP) is 3.39. The van der Waals surface area contributed by atoms with Gasteiger partial charge in [0.1, 0.15) is 6.33 Å². The van der Waals surface area contributed by atoms with Gasteiger partial charge in [-0.15, -0.1) is 0 Å². The van der Waals surface area contributed by atoms with E-state index in [1.165, 1.54) is 12.0 Å². The molecule has 0 radical (unpaired) electrons. The summed E-state index contributed by atoms with van der Waals surface area (Å²) < 4.78 is 2.24. The zero-order valence-corrected chi connectivity index (χ0v) is 12.6. The number of H-pyrrole nitrogens is 1. The van der Waals surface area contributed by atoms with Crippen molar-refractivity contribution in [1.82, 2.24) is 19.7 Å². The maximum Gasteiger partial charge on any atom is 0.188 e. The summed E-state index contributed by atoms with van der Waals surface area (Å²) in [7, 11) is 0. The van der Waals surface area contributed by atoms with E-state index < -0.39 is 0 Å². The Balaban J connectivity index is 1.59. The summed E-state index contributed by atoms with van der Waals surface area (Å²) in [6.07, 6.45) is 3.62. The Hall–Kier alpha value is -2.21. The standard InChI is InChI=1S/C15H17N5S/c1-2-20-9-3-4-13(20)10-16-12-5-7-14(8-6-12)21-15-17-11-18-19-15/h3-9,11,16H,2,10H2,1H3,(H,17,18,19). The van der Waals surface area contributed by atoms with Crippen LogP contribution in [-0.2, 0) is 13.1 Å². The molecule has 1 aromatic carbocycles. The first-order valence-electron chi connectivity index (χ1n) is 6.86. The maximum absolute atomic E-state index is 4.10. The molecule has 3 rings (SSSR count). The minimum Gasteiger partial charge on any atom is -0.379 e. The Kier molecular flexibility index (Phi) is 4.25. The molecule has 0 fully saturated rings. The van der Waals surface area contributed by atoms with Crippen LogP contribution in [0.25, 0.3) is 0 Å². The number of aryl methyl sites for hydroxylation is 1. The van der Waals surface area contributed by atoms with E-state index in [4.69, 9.17) is 0 Å². The summed E-state index contributed by atoms with van der Waals surface area (Å²) in [5, 5.41) is 10.9. The third-order valence-electron chi connectivity index (χ3n) is 3.20. The topological polar surface area (TPSA) is 58.5 Å². The Bertz CT molecular complexity index is 672. The van der Waals surface area contributed by atoms with Crippen molar-refractivity contribution in [3.05, 3.63) is 54.6 Å². The second kappa shape index (κ2) is 6.49. The van der Waals surface area contributed by atoms with E-state index in [0.29, 0.717) is 0 Å². The highest BCUT2D eigenvalue weighted by Crippen LogP contribution is 2.25. The smallest absolute Gasteiger partial charge is 0.188 e. The Morgan fingerprint density at radius 3 is 2.81 bits per heavy atom. The molecule has 0 amide bonds. The van der Waals surface area contributed by atoms with Gasteiger partial charge in [0.05, 0.1) is 6.54 Å². The summed E-state index contributed by atoms with van der Waals surface area (Å²) in [4.78, 5) is 5.23. The van der Waals surface area contributed by atoms with Gasteiger partial charge in [-0.2, -0.15) is 5.10 Å². The van der Waals surface area contributed by atoms with Crippen LogP contribution in [0.15, 0.2) is 59.0 Å². The van der Waals surface area contributed by atoms with Crippen molar-refractivity contribution in [3.63, 3.8) is 0 Å². The predicted molar refractivity (Wildman–Crippen MR) is 84.4 cm³/mol. The fourth-order valence-corrected chi connectivity index (χ4v) is 2.80. The van der Waals surface area contributed by atoms with Crippen LogP contribution in [0.5, 0.6) is 0 Å². The monoisotopic (exact) mass is 299 g/mol. The van der Waals surface area contributed by atoms with Crippen molar-refractivity contribution in [3.8, 4) is 0 Å². The van der Waals surface area contributed by atoms with E-state index >= 15 is 0 Å². The SMILES string of the molecule is CCn1cccc1CNc1ccc(Sc2ncn[nH]2)cc1. The molecule has 0 atom stereocenters. The fourth-order valence-electron chi connectivity index (χ4n) is 2.11. The first kappa shape index (κ1) is 13.8. The average molecular weight is 299 g/mol. The second-order valence-corrected chi connectivity index (χ2v) is 5.62. The Morgan fingerprint density at radius 2 is 2.10 bits per heavy atom. The minimum absolute atomic E-state index is 0.802. The number of hydrogen-bond donors (Lipinski definition) is 2. The number of aromatic amines is 1. The minimum atomic E-state index is 0.802. The van der Waals surface area contributed by atoms with Gasteiger partial charge in [0.2, 0.25) is 0 Å². The van der Waals surface area contributed by atoms with Gasteiger partial charge in [-0.3, -0.25) is 5.10 Å². The highest BCUT2D eigenvalue weighted by atomic mass is 32.2. The molecule has 0 bridgehead atoms. The molecule has 2 aromatic heterocycles. The summed E-state index contributed by atoms with van der Waals surface area (Å²) >= 11 is 1.56. The number of rotatable bonds is 6. The van der Waals surface area contributed by atoms with E-state index in [0.717, 1.165) is 28.8 Å². The fraction of sp³-hybridized carbons (Fsp3) is 0.200. The van der Waals surface area contributed by atoms with Crippen molar-refractivity contribution in [2.75, 3.05) is 5.32 Å². The zero-order valence-electron chi connectivity index (χ0n) is 11.8. The second-order valence-electron chi connectivity index (χ2n) is 4.56. The lowest BCUT2D eigenvalue weighted by molar-refractivity contribution is 0.724. The quantitative estimate of drug-likeness (QED) is 0.732. The van der Waals surface area contributed by atoms with Crippen LogP contribution in [-0.4, -0.2) is 19.7 Å². The molecular weight excluding hydrogens is 282 g/mol. The number of hydrogen-bond acceptors (Lipinski definition) is 4. The van der Waals surface area contributed by atoms with E-state index in [1.807, 2.05) is 0 Å². The molecule has 6 heteroatoms. The lowest BCUT2D eigenvalue weighted by Gasteiger charge is -2.09. The number of anilines is 1.